The molecule has 25 heavy (non-hydrogen) atoms. The summed E-state index contributed by atoms with van der Waals surface area (Å²) in [6.45, 7) is 1.79. The lowest BCUT2D eigenvalue weighted by Gasteiger charge is -2.20. The van der Waals surface area contributed by atoms with Crippen molar-refractivity contribution in [3.8, 4) is 11.5 Å². The third kappa shape index (κ3) is 4.30. The van der Waals surface area contributed by atoms with Gasteiger partial charge in [0.25, 0.3) is 0 Å². The van der Waals surface area contributed by atoms with Gasteiger partial charge >= 0.3 is 0 Å². The van der Waals surface area contributed by atoms with Crippen molar-refractivity contribution < 1.29 is 9.47 Å². The highest BCUT2D eigenvalue weighted by Crippen LogP contribution is 2.32. The number of likely N-dealkylation sites (tertiary alicyclic amines) is 1. The number of likely N-dealkylation sites (N-methyl/N-ethyl adjacent to an activating group) is 1. The van der Waals surface area contributed by atoms with E-state index >= 15 is 0 Å². The van der Waals surface area contributed by atoms with E-state index in [1.165, 1.54) is 12.8 Å². The van der Waals surface area contributed by atoms with Crippen molar-refractivity contribution in [2.24, 2.45) is 0 Å². The van der Waals surface area contributed by atoms with Crippen molar-refractivity contribution in [2.45, 2.75) is 18.9 Å². The van der Waals surface area contributed by atoms with E-state index in [1.54, 1.807) is 13.3 Å². The van der Waals surface area contributed by atoms with Crippen LogP contribution in [-0.2, 0) is 0 Å². The van der Waals surface area contributed by atoms with Gasteiger partial charge in [0.15, 0.2) is 11.5 Å². The number of hydrogen-bond acceptors (Lipinski definition) is 7. The van der Waals surface area contributed by atoms with E-state index < -0.39 is 0 Å². The number of nitrogens with one attached hydrogen (secondary N) is 2. The second-order valence-corrected chi connectivity index (χ2v) is 6.09. The maximum atomic E-state index is 6.05. The summed E-state index contributed by atoms with van der Waals surface area (Å²) < 4.78 is 11.5. The first kappa shape index (κ1) is 17.3. The van der Waals surface area contributed by atoms with Crippen molar-refractivity contribution in [3.63, 3.8) is 0 Å². The number of hydrogen-bond donors (Lipinski definition) is 2. The molecule has 1 fully saturated rings. The van der Waals surface area contributed by atoms with Crippen molar-refractivity contribution in [1.82, 2.24) is 14.9 Å². The van der Waals surface area contributed by atoms with Gasteiger partial charge in [-0.2, -0.15) is 4.98 Å². The first-order valence-corrected chi connectivity index (χ1v) is 8.48. The molecule has 0 saturated carbocycles. The van der Waals surface area contributed by atoms with Crippen molar-refractivity contribution in [1.29, 1.82) is 0 Å². The third-order valence-corrected chi connectivity index (χ3v) is 4.43. The molecule has 0 amide bonds. The van der Waals surface area contributed by atoms with Gasteiger partial charge in [0.1, 0.15) is 12.4 Å². The number of aromatic nitrogens is 2. The van der Waals surface area contributed by atoms with Crippen LogP contribution in [0.25, 0.3) is 0 Å². The van der Waals surface area contributed by atoms with Crippen LogP contribution in [0.4, 0.5) is 17.5 Å². The first-order chi connectivity index (χ1) is 12.2. The summed E-state index contributed by atoms with van der Waals surface area (Å²) in [6.07, 6.45) is 4.10. The molecule has 0 radical (unpaired) electrons. The zero-order valence-electron chi connectivity index (χ0n) is 15.0. The van der Waals surface area contributed by atoms with E-state index in [2.05, 4.69) is 32.5 Å². The standard InChI is InChI=1S/C18H25N5O2/c1-19-17-8-9-20-18(22-17)21-13-6-7-15(24-3)16(11-13)25-12-14-5-4-10-23(14)2/h6-9,11,14H,4-5,10,12H2,1-3H3,(H2,19,20,21,22). The Kier molecular flexibility index (Phi) is 5.55. The smallest absolute Gasteiger partial charge is 0.229 e. The summed E-state index contributed by atoms with van der Waals surface area (Å²) in [4.78, 5) is 10.9. The molecule has 0 spiro atoms. The van der Waals surface area contributed by atoms with Crippen LogP contribution < -0.4 is 20.1 Å². The first-order valence-electron chi connectivity index (χ1n) is 8.48. The van der Waals surface area contributed by atoms with E-state index in [0.717, 1.165) is 29.5 Å². The average molecular weight is 343 g/mol. The molecule has 0 bridgehead atoms. The van der Waals surface area contributed by atoms with Crippen molar-refractivity contribution >= 4 is 17.5 Å². The number of rotatable bonds is 7. The minimum absolute atomic E-state index is 0.456. The van der Waals surface area contributed by atoms with Crippen LogP contribution in [0, 0.1) is 0 Å². The van der Waals surface area contributed by atoms with Crippen molar-refractivity contribution in [2.75, 3.05) is 45.0 Å². The molecule has 0 aliphatic carbocycles. The van der Waals surface area contributed by atoms with Gasteiger partial charge in [-0.05, 0) is 44.6 Å². The molecule has 3 rings (SSSR count). The van der Waals surface area contributed by atoms with Crippen LogP contribution in [-0.4, -0.2) is 55.3 Å². The number of methoxy groups -OCH3 is 1. The number of benzene rings is 1. The molecule has 1 aliphatic heterocycles. The molecule has 1 unspecified atom stereocenters. The third-order valence-electron chi connectivity index (χ3n) is 4.43. The largest absolute Gasteiger partial charge is 0.493 e. The Morgan fingerprint density at radius 3 is 2.88 bits per heavy atom. The lowest BCUT2D eigenvalue weighted by molar-refractivity contribution is 0.193. The molecule has 2 N–H and O–H groups in total. The molecule has 2 heterocycles. The monoisotopic (exact) mass is 343 g/mol. The molecular formula is C18H25N5O2. The Labute approximate surface area is 148 Å². The number of nitrogens with zero attached hydrogens (tertiary/aromatic N) is 3. The summed E-state index contributed by atoms with van der Waals surface area (Å²) in [6, 6.07) is 7.99. The van der Waals surface area contributed by atoms with Gasteiger partial charge in [-0.1, -0.05) is 0 Å². The normalized spacial score (nSPS) is 17.3. The predicted octanol–water partition coefficient (Wildman–Crippen LogP) is 2.74. The maximum absolute atomic E-state index is 6.05. The van der Waals surface area contributed by atoms with Gasteiger partial charge in [0, 0.05) is 31.0 Å². The minimum Gasteiger partial charge on any atom is -0.493 e. The lowest BCUT2D eigenvalue weighted by atomic mass is 10.2. The van der Waals surface area contributed by atoms with Crippen LogP contribution in [0.1, 0.15) is 12.8 Å². The SMILES string of the molecule is CNc1ccnc(Nc2ccc(OC)c(OCC3CCCN3C)c2)n1. The summed E-state index contributed by atoms with van der Waals surface area (Å²) in [5.74, 6) is 2.72. The van der Waals surface area contributed by atoms with E-state index in [9.17, 15) is 0 Å². The Morgan fingerprint density at radius 1 is 1.28 bits per heavy atom. The second kappa shape index (κ2) is 8.02. The van der Waals surface area contributed by atoms with Gasteiger partial charge in [0.05, 0.1) is 7.11 Å². The lowest BCUT2D eigenvalue weighted by Crippen LogP contribution is -2.30. The average Bonchev–Trinajstić information content (AvgIpc) is 3.05. The van der Waals surface area contributed by atoms with Gasteiger partial charge in [-0.25, -0.2) is 4.98 Å². The Balaban J connectivity index is 1.72. The molecule has 7 nitrogen and oxygen atoms in total. The van der Waals surface area contributed by atoms with Gasteiger partial charge < -0.3 is 25.0 Å². The summed E-state index contributed by atoms with van der Waals surface area (Å²) >= 11 is 0. The minimum atomic E-state index is 0.456. The highest BCUT2D eigenvalue weighted by molar-refractivity contribution is 5.60. The van der Waals surface area contributed by atoms with Crippen molar-refractivity contribution in [3.05, 3.63) is 30.5 Å². The highest BCUT2D eigenvalue weighted by atomic mass is 16.5. The van der Waals surface area contributed by atoms with Crippen LogP contribution in [0.15, 0.2) is 30.5 Å². The van der Waals surface area contributed by atoms with E-state index in [-0.39, 0.29) is 0 Å². The van der Waals surface area contributed by atoms with Crippen LogP contribution in [0.2, 0.25) is 0 Å². The molecular weight excluding hydrogens is 318 g/mol. The quantitative estimate of drug-likeness (QED) is 0.801. The fraction of sp³-hybridized carbons (Fsp3) is 0.444. The Hall–Kier alpha value is -2.54. The molecule has 2 aromatic rings. The molecule has 1 aromatic carbocycles. The second-order valence-electron chi connectivity index (χ2n) is 6.09. The van der Waals surface area contributed by atoms with Gasteiger partial charge in [-0.15, -0.1) is 0 Å². The van der Waals surface area contributed by atoms with Gasteiger partial charge in [-0.3, -0.25) is 0 Å². The number of ether oxygens (including phenoxy) is 2. The van der Waals surface area contributed by atoms with E-state index in [4.69, 9.17) is 9.47 Å². The Morgan fingerprint density at radius 2 is 2.16 bits per heavy atom. The summed E-state index contributed by atoms with van der Waals surface area (Å²) in [5.41, 5.74) is 0.851. The maximum Gasteiger partial charge on any atom is 0.229 e. The molecule has 1 atom stereocenters. The molecule has 134 valence electrons. The Bertz CT molecular complexity index is 710. The fourth-order valence-corrected chi connectivity index (χ4v) is 2.93. The molecule has 1 saturated heterocycles. The van der Waals surface area contributed by atoms with Crippen LogP contribution in [0.3, 0.4) is 0 Å². The van der Waals surface area contributed by atoms with Crippen LogP contribution in [0.5, 0.6) is 11.5 Å². The topological polar surface area (TPSA) is 71.5 Å². The van der Waals surface area contributed by atoms with Crippen LogP contribution >= 0.6 is 0 Å². The zero-order valence-corrected chi connectivity index (χ0v) is 15.0. The fourth-order valence-electron chi connectivity index (χ4n) is 2.93. The van der Waals surface area contributed by atoms with E-state index in [0.29, 0.717) is 18.6 Å². The van der Waals surface area contributed by atoms with Gasteiger partial charge in [0.2, 0.25) is 5.95 Å². The summed E-state index contributed by atoms with van der Waals surface area (Å²) in [5, 5.41) is 6.20. The number of anilines is 3. The van der Waals surface area contributed by atoms with E-state index in [1.807, 2.05) is 31.3 Å². The zero-order chi connectivity index (χ0) is 17.6. The molecule has 1 aliphatic rings. The highest BCUT2D eigenvalue weighted by Gasteiger charge is 2.22. The molecule has 7 heteroatoms. The molecule has 1 aromatic heterocycles. The predicted molar refractivity (Wildman–Crippen MR) is 99.0 cm³/mol. The summed E-state index contributed by atoms with van der Waals surface area (Å²) in [7, 11) is 5.62.